The summed E-state index contributed by atoms with van der Waals surface area (Å²) in [7, 11) is 0. The first kappa shape index (κ1) is 13.6. The van der Waals surface area contributed by atoms with Gasteiger partial charge in [0.2, 0.25) is 0 Å². The number of pyridine rings is 1. The molecule has 0 saturated carbocycles. The van der Waals surface area contributed by atoms with Crippen LogP contribution in [-0.4, -0.2) is 32.3 Å². The number of nitrogens with one attached hydrogen (secondary N) is 1. The number of rotatable bonds is 2. The molecule has 0 aromatic carbocycles. The van der Waals surface area contributed by atoms with Crippen LogP contribution in [-0.2, 0) is 0 Å². The molecule has 1 aliphatic heterocycles. The zero-order valence-electron chi connectivity index (χ0n) is 12.7. The Morgan fingerprint density at radius 3 is 3.00 bits per heavy atom. The summed E-state index contributed by atoms with van der Waals surface area (Å²) in [4.78, 5) is 25.6. The van der Waals surface area contributed by atoms with E-state index >= 15 is 0 Å². The van der Waals surface area contributed by atoms with E-state index < -0.39 is 0 Å². The average molecular weight is 305 g/mol. The lowest BCUT2D eigenvalue weighted by atomic mass is 10.0. The number of aryl methyl sites for hydroxylation is 1. The lowest BCUT2D eigenvalue weighted by molar-refractivity contribution is 0.882. The van der Waals surface area contributed by atoms with Gasteiger partial charge in [0.15, 0.2) is 5.65 Å². The first-order chi connectivity index (χ1) is 11.2. The second-order valence-corrected chi connectivity index (χ2v) is 5.48. The van der Waals surface area contributed by atoms with Crippen molar-refractivity contribution in [1.29, 1.82) is 0 Å². The van der Waals surface area contributed by atoms with E-state index in [-0.39, 0.29) is 5.56 Å². The number of fused-ring (bicyclic) bond motifs is 1. The van der Waals surface area contributed by atoms with E-state index in [1.807, 2.05) is 25.3 Å². The van der Waals surface area contributed by atoms with Crippen LogP contribution in [0.25, 0.3) is 22.5 Å². The number of nitrogens with zero attached hydrogens (tertiary/aromatic N) is 4. The standard InChI is InChI=1S/C17H15N5O/c1-11-16(13-5-3-7-19-10-13)17-20-14(8-15(23)22(17)21-11)12-4-2-6-18-9-12/h2,4-6,8-10,21H,3,7H2,1H3. The Balaban J connectivity index is 1.99. The first-order valence-electron chi connectivity index (χ1n) is 7.47. The summed E-state index contributed by atoms with van der Waals surface area (Å²) in [5, 5.41) is 3.09. The Hall–Kier alpha value is -3.02. The molecule has 23 heavy (non-hydrogen) atoms. The van der Waals surface area contributed by atoms with Crippen LogP contribution in [0.2, 0.25) is 0 Å². The van der Waals surface area contributed by atoms with Gasteiger partial charge >= 0.3 is 0 Å². The number of aromatic amines is 1. The van der Waals surface area contributed by atoms with Gasteiger partial charge in [-0.1, -0.05) is 6.08 Å². The minimum Gasteiger partial charge on any atom is -0.293 e. The number of hydrogen-bond acceptors (Lipinski definition) is 4. The summed E-state index contributed by atoms with van der Waals surface area (Å²) >= 11 is 0. The van der Waals surface area contributed by atoms with Crippen LogP contribution in [0.5, 0.6) is 0 Å². The third kappa shape index (κ3) is 2.28. The SMILES string of the molecule is Cc1[nH]n2c(=O)cc(-c3cccnc3)nc2c1C1=CCCN=C1. The highest BCUT2D eigenvalue weighted by Crippen LogP contribution is 2.24. The second kappa shape index (κ2) is 5.31. The third-order valence-electron chi connectivity index (χ3n) is 3.90. The van der Waals surface area contributed by atoms with Gasteiger partial charge in [0.25, 0.3) is 5.56 Å². The van der Waals surface area contributed by atoms with E-state index in [2.05, 4.69) is 21.2 Å². The molecule has 0 fully saturated rings. The zero-order valence-corrected chi connectivity index (χ0v) is 12.7. The fourth-order valence-electron chi connectivity index (χ4n) is 2.83. The summed E-state index contributed by atoms with van der Waals surface area (Å²) in [6.45, 7) is 2.75. The Kier molecular flexibility index (Phi) is 3.15. The van der Waals surface area contributed by atoms with Crippen molar-refractivity contribution < 1.29 is 0 Å². The molecule has 3 aromatic heterocycles. The predicted molar refractivity (Wildman–Crippen MR) is 89.7 cm³/mol. The van der Waals surface area contributed by atoms with Crippen molar-refractivity contribution in [2.24, 2.45) is 4.99 Å². The molecule has 4 heterocycles. The minimum absolute atomic E-state index is 0.142. The van der Waals surface area contributed by atoms with Crippen LogP contribution >= 0.6 is 0 Å². The van der Waals surface area contributed by atoms with Gasteiger partial charge in [-0.2, -0.15) is 0 Å². The van der Waals surface area contributed by atoms with Crippen LogP contribution < -0.4 is 5.56 Å². The van der Waals surface area contributed by atoms with Gasteiger partial charge in [-0.25, -0.2) is 9.50 Å². The van der Waals surface area contributed by atoms with Crippen LogP contribution in [0, 0.1) is 6.92 Å². The molecule has 0 atom stereocenters. The molecule has 0 aliphatic carbocycles. The number of allylic oxidation sites excluding steroid dienone is 1. The molecule has 114 valence electrons. The lowest BCUT2D eigenvalue weighted by Crippen LogP contribution is -2.14. The molecule has 0 bridgehead atoms. The molecule has 0 unspecified atom stereocenters. The second-order valence-electron chi connectivity index (χ2n) is 5.48. The van der Waals surface area contributed by atoms with E-state index in [0.29, 0.717) is 11.3 Å². The number of H-pyrrole nitrogens is 1. The molecular formula is C17H15N5O. The minimum atomic E-state index is -0.142. The average Bonchev–Trinajstić information content (AvgIpc) is 2.93. The Labute approximate surface area is 132 Å². The van der Waals surface area contributed by atoms with Gasteiger partial charge in [0.05, 0.1) is 5.69 Å². The molecule has 6 nitrogen and oxygen atoms in total. The number of hydrogen-bond donors (Lipinski definition) is 1. The monoisotopic (exact) mass is 305 g/mol. The Morgan fingerprint density at radius 1 is 1.35 bits per heavy atom. The first-order valence-corrected chi connectivity index (χ1v) is 7.47. The van der Waals surface area contributed by atoms with Crippen molar-refractivity contribution in [3.63, 3.8) is 0 Å². The van der Waals surface area contributed by atoms with Crippen molar-refractivity contribution in [2.75, 3.05) is 6.54 Å². The van der Waals surface area contributed by atoms with Gasteiger partial charge in [-0.15, -0.1) is 0 Å². The van der Waals surface area contributed by atoms with Crippen LogP contribution in [0.4, 0.5) is 0 Å². The van der Waals surface area contributed by atoms with E-state index in [1.165, 1.54) is 10.6 Å². The summed E-state index contributed by atoms with van der Waals surface area (Å²) in [5.74, 6) is 0. The lowest BCUT2D eigenvalue weighted by Gasteiger charge is -2.06. The number of aliphatic imine (C=N–C) groups is 1. The number of aromatic nitrogens is 4. The van der Waals surface area contributed by atoms with Crippen molar-refractivity contribution in [3.05, 3.63) is 58.3 Å². The van der Waals surface area contributed by atoms with E-state index in [9.17, 15) is 4.79 Å². The molecule has 0 spiro atoms. The smallest absolute Gasteiger partial charge is 0.273 e. The molecular weight excluding hydrogens is 290 g/mol. The molecule has 0 radical (unpaired) electrons. The van der Waals surface area contributed by atoms with Crippen LogP contribution in [0.15, 0.2) is 46.5 Å². The van der Waals surface area contributed by atoms with Crippen molar-refractivity contribution in [2.45, 2.75) is 13.3 Å². The topological polar surface area (TPSA) is 75.4 Å². The maximum Gasteiger partial charge on any atom is 0.273 e. The van der Waals surface area contributed by atoms with Crippen LogP contribution in [0.3, 0.4) is 0 Å². The molecule has 6 heteroatoms. The largest absolute Gasteiger partial charge is 0.293 e. The molecule has 0 saturated heterocycles. The fourth-order valence-corrected chi connectivity index (χ4v) is 2.83. The fraction of sp³-hybridized carbons (Fsp3) is 0.176. The van der Waals surface area contributed by atoms with Gasteiger partial charge < -0.3 is 0 Å². The quantitative estimate of drug-likeness (QED) is 0.789. The third-order valence-corrected chi connectivity index (χ3v) is 3.90. The van der Waals surface area contributed by atoms with Crippen molar-refractivity contribution in [1.82, 2.24) is 19.6 Å². The summed E-state index contributed by atoms with van der Waals surface area (Å²) < 4.78 is 1.48. The highest BCUT2D eigenvalue weighted by molar-refractivity contribution is 6.13. The molecule has 0 amide bonds. The Morgan fingerprint density at radius 2 is 2.26 bits per heavy atom. The number of dihydropyridines is 1. The molecule has 4 rings (SSSR count). The normalized spacial score (nSPS) is 14.2. The molecule has 1 N–H and O–H groups in total. The highest BCUT2D eigenvalue weighted by atomic mass is 16.1. The van der Waals surface area contributed by atoms with Crippen molar-refractivity contribution >= 4 is 17.4 Å². The highest BCUT2D eigenvalue weighted by Gasteiger charge is 2.17. The summed E-state index contributed by atoms with van der Waals surface area (Å²) in [6, 6.07) is 5.25. The van der Waals surface area contributed by atoms with Crippen LogP contribution in [0.1, 0.15) is 17.7 Å². The van der Waals surface area contributed by atoms with Gasteiger partial charge in [0, 0.05) is 53.6 Å². The summed E-state index contributed by atoms with van der Waals surface area (Å²) in [5.41, 5.74) is 4.75. The maximum atomic E-state index is 12.4. The van der Waals surface area contributed by atoms with Gasteiger partial charge in [0.1, 0.15) is 0 Å². The molecule has 1 aliphatic rings. The van der Waals surface area contributed by atoms with E-state index in [0.717, 1.165) is 35.4 Å². The van der Waals surface area contributed by atoms with E-state index in [4.69, 9.17) is 4.98 Å². The maximum absolute atomic E-state index is 12.4. The van der Waals surface area contributed by atoms with Gasteiger partial charge in [-0.3, -0.25) is 19.9 Å². The predicted octanol–water partition coefficient (Wildman–Crippen LogP) is 2.25. The summed E-state index contributed by atoms with van der Waals surface area (Å²) in [6.07, 6.45) is 8.28. The zero-order chi connectivity index (χ0) is 15.8. The molecule has 3 aromatic rings. The Bertz CT molecular complexity index is 995. The van der Waals surface area contributed by atoms with Gasteiger partial charge in [-0.05, 0) is 25.5 Å². The van der Waals surface area contributed by atoms with Crippen molar-refractivity contribution in [3.8, 4) is 11.3 Å². The van der Waals surface area contributed by atoms with E-state index in [1.54, 1.807) is 12.4 Å².